The quantitative estimate of drug-likeness (QED) is 0.763. The van der Waals surface area contributed by atoms with Crippen LogP contribution in [0.25, 0.3) is 0 Å². The number of hydrogen-bond donors (Lipinski definition) is 1. The van der Waals surface area contributed by atoms with Crippen LogP contribution in [0.15, 0.2) is 41.3 Å². The molecule has 0 saturated carbocycles. The minimum absolute atomic E-state index is 0.00771. The number of hydrogen-bond acceptors (Lipinski definition) is 2. The number of carbonyl (C=O) groups is 1. The number of aryl methyl sites for hydroxylation is 3. The number of carbonyl (C=O) groups excluding carboxylic acids is 1. The van der Waals surface area contributed by atoms with Gasteiger partial charge in [0.05, 0.1) is 11.6 Å². The molecule has 3 heteroatoms. The summed E-state index contributed by atoms with van der Waals surface area (Å²) in [6.45, 7) is 10.5. The summed E-state index contributed by atoms with van der Waals surface area (Å²) in [5.41, 5.74) is 5.70. The molecule has 23 heavy (non-hydrogen) atoms. The summed E-state index contributed by atoms with van der Waals surface area (Å²) < 4.78 is 0. The van der Waals surface area contributed by atoms with Crippen LogP contribution in [0.3, 0.4) is 0 Å². The Balaban J connectivity index is 2.22. The summed E-state index contributed by atoms with van der Waals surface area (Å²) in [5.74, 6) is 0.947. The Morgan fingerprint density at radius 3 is 2.43 bits per heavy atom. The van der Waals surface area contributed by atoms with Gasteiger partial charge in [-0.3, -0.25) is 4.79 Å². The molecule has 0 aliphatic heterocycles. The van der Waals surface area contributed by atoms with Gasteiger partial charge in [0, 0.05) is 4.90 Å². The maximum Gasteiger partial charge on any atom is 0.252 e. The zero-order chi connectivity index (χ0) is 17.0. The average molecular weight is 327 g/mol. The summed E-state index contributed by atoms with van der Waals surface area (Å²) >= 11 is 1.70. The van der Waals surface area contributed by atoms with Crippen LogP contribution in [0, 0.1) is 20.8 Å². The van der Waals surface area contributed by atoms with Crippen molar-refractivity contribution in [1.82, 2.24) is 5.32 Å². The van der Waals surface area contributed by atoms with Crippen LogP contribution in [0.5, 0.6) is 0 Å². The van der Waals surface area contributed by atoms with E-state index in [9.17, 15) is 4.79 Å². The molecule has 0 saturated heterocycles. The Morgan fingerprint density at radius 2 is 1.74 bits per heavy atom. The molecule has 2 aromatic rings. The van der Waals surface area contributed by atoms with Crippen LogP contribution >= 0.6 is 11.8 Å². The molecule has 0 spiro atoms. The Morgan fingerprint density at radius 1 is 1.09 bits per heavy atom. The standard InChI is InChI=1S/C20H25NOS/c1-6-23-19-10-8-7-9-17(19)20(22)21-16(5)18-12-14(3)13(2)11-15(18)4/h7-12,16H,6H2,1-5H3,(H,21,22). The number of nitrogens with one attached hydrogen (secondary N) is 1. The average Bonchev–Trinajstić information content (AvgIpc) is 2.51. The first-order valence-corrected chi connectivity index (χ1v) is 9.03. The topological polar surface area (TPSA) is 29.1 Å². The molecule has 0 fully saturated rings. The van der Waals surface area contributed by atoms with Gasteiger partial charge in [-0.05, 0) is 67.8 Å². The van der Waals surface area contributed by atoms with E-state index in [0.717, 1.165) is 16.2 Å². The molecular formula is C20H25NOS. The molecule has 122 valence electrons. The van der Waals surface area contributed by atoms with Gasteiger partial charge in [-0.2, -0.15) is 0 Å². The van der Waals surface area contributed by atoms with E-state index in [1.54, 1.807) is 11.8 Å². The van der Waals surface area contributed by atoms with Gasteiger partial charge in [0.1, 0.15) is 0 Å². The van der Waals surface area contributed by atoms with E-state index in [2.05, 4.69) is 45.1 Å². The monoisotopic (exact) mass is 327 g/mol. The van der Waals surface area contributed by atoms with Crippen LogP contribution in [0.4, 0.5) is 0 Å². The van der Waals surface area contributed by atoms with Crippen molar-refractivity contribution >= 4 is 17.7 Å². The maximum atomic E-state index is 12.7. The van der Waals surface area contributed by atoms with Crippen LogP contribution in [0.1, 0.15) is 52.5 Å². The molecule has 1 N–H and O–H groups in total. The fourth-order valence-electron chi connectivity index (χ4n) is 2.74. The number of benzene rings is 2. The molecule has 1 amide bonds. The molecule has 1 atom stereocenters. The van der Waals surface area contributed by atoms with E-state index >= 15 is 0 Å². The van der Waals surface area contributed by atoms with Gasteiger partial charge in [-0.15, -0.1) is 11.8 Å². The molecule has 0 radical (unpaired) electrons. The Hall–Kier alpha value is -1.74. The van der Waals surface area contributed by atoms with Gasteiger partial charge in [-0.1, -0.05) is 31.2 Å². The van der Waals surface area contributed by atoms with Crippen LogP contribution in [0.2, 0.25) is 0 Å². The van der Waals surface area contributed by atoms with E-state index in [1.807, 2.05) is 31.2 Å². The number of amides is 1. The van der Waals surface area contributed by atoms with Crippen molar-refractivity contribution in [2.75, 3.05) is 5.75 Å². The third kappa shape index (κ3) is 4.17. The minimum atomic E-state index is -0.0125. The lowest BCUT2D eigenvalue weighted by atomic mass is 9.96. The number of rotatable bonds is 5. The third-order valence-corrected chi connectivity index (χ3v) is 5.08. The highest BCUT2D eigenvalue weighted by Gasteiger charge is 2.16. The summed E-state index contributed by atoms with van der Waals surface area (Å²) in [4.78, 5) is 13.7. The fourth-order valence-corrected chi connectivity index (χ4v) is 3.54. The summed E-state index contributed by atoms with van der Waals surface area (Å²) in [6, 6.07) is 12.2. The summed E-state index contributed by atoms with van der Waals surface area (Å²) in [5, 5.41) is 3.15. The SMILES string of the molecule is CCSc1ccccc1C(=O)NC(C)c1cc(C)c(C)cc1C. The Labute approximate surface area is 143 Å². The first-order valence-electron chi connectivity index (χ1n) is 8.04. The van der Waals surface area contributed by atoms with E-state index in [-0.39, 0.29) is 11.9 Å². The summed E-state index contributed by atoms with van der Waals surface area (Å²) in [7, 11) is 0. The van der Waals surface area contributed by atoms with Crippen molar-refractivity contribution in [3.05, 3.63) is 64.2 Å². The second-order valence-electron chi connectivity index (χ2n) is 5.92. The predicted octanol–water partition coefficient (Wildman–Crippen LogP) is 5.21. The van der Waals surface area contributed by atoms with Crippen LogP contribution < -0.4 is 5.32 Å². The number of thioether (sulfide) groups is 1. The lowest BCUT2D eigenvalue weighted by molar-refractivity contribution is 0.0937. The molecule has 0 aliphatic carbocycles. The molecule has 2 aromatic carbocycles. The van der Waals surface area contributed by atoms with Crippen LogP contribution in [-0.4, -0.2) is 11.7 Å². The van der Waals surface area contributed by atoms with Gasteiger partial charge >= 0.3 is 0 Å². The molecule has 1 unspecified atom stereocenters. The van der Waals surface area contributed by atoms with Gasteiger partial charge in [0.15, 0.2) is 0 Å². The fraction of sp³-hybridized carbons (Fsp3) is 0.350. The third-order valence-electron chi connectivity index (χ3n) is 4.13. The predicted molar refractivity (Wildman–Crippen MR) is 99.4 cm³/mol. The maximum absolute atomic E-state index is 12.7. The van der Waals surface area contributed by atoms with Crippen LogP contribution in [-0.2, 0) is 0 Å². The first-order chi connectivity index (χ1) is 10.9. The van der Waals surface area contributed by atoms with Gasteiger partial charge in [-0.25, -0.2) is 0 Å². The van der Waals surface area contributed by atoms with Crippen molar-refractivity contribution in [3.63, 3.8) is 0 Å². The molecule has 0 bridgehead atoms. The van der Waals surface area contributed by atoms with Gasteiger partial charge in [0.25, 0.3) is 5.91 Å². The molecule has 0 aliphatic rings. The largest absolute Gasteiger partial charge is 0.345 e. The Bertz CT molecular complexity index is 709. The van der Waals surface area contributed by atoms with E-state index in [4.69, 9.17) is 0 Å². The summed E-state index contributed by atoms with van der Waals surface area (Å²) in [6.07, 6.45) is 0. The van der Waals surface area contributed by atoms with Crippen molar-refractivity contribution in [3.8, 4) is 0 Å². The lowest BCUT2D eigenvalue weighted by Gasteiger charge is -2.19. The molecular weight excluding hydrogens is 302 g/mol. The second kappa shape index (κ2) is 7.69. The highest BCUT2D eigenvalue weighted by molar-refractivity contribution is 7.99. The Kier molecular flexibility index (Phi) is 5.89. The van der Waals surface area contributed by atoms with E-state index in [0.29, 0.717) is 0 Å². The highest BCUT2D eigenvalue weighted by Crippen LogP contribution is 2.25. The molecule has 0 heterocycles. The zero-order valence-electron chi connectivity index (χ0n) is 14.6. The first kappa shape index (κ1) is 17.6. The molecule has 2 rings (SSSR count). The van der Waals surface area contributed by atoms with Crippen molar-refractivity contribution < 1.29 is 4.79 Å². The second-order valence-corrected chi connectivity index (χ2v) is 7.22. The van der Waals surface area contributed by atoms with Gasteiger partial charge < -0.3 is 5.32 Å². The minimum Gasteiger partial charge on any atom is -0.345 e. The van der Waals surface area contributed by atoms with Crippen molar-refractivity contribution in [2.45, 2.75) is 45.6 Å². The smallest absolute Gasteiger partial charge is 0.252 e. The van der Waals surface area contributed by atoms with E-state index < -0.39 is 0 Å². The van der Waals surface area contributed by atoms with Crippen molar-refractivity contribution in [2.24, 2.45) is 0 Å². The highest BCUT2D eigenvalue weighted by atomic mass is 32.2. The molecule has 2 nitrogen and oxygen atoms in total. The van der Waals surface area contributed by atoms with Crippen molar-refractivity contribution in [1.29, 1.82) is 0 Å². The van der Waals surface area contributed by atoms with Gasteiger partial charge in [0.2, 0.25) is 0 Å². The zero-order valence-corrected chi connectivity index (χ0v) is 15.4. The van der Waals surface area contributed by atoms with E-state index in [1.165, 1.54) is 22.3 Å². The normalized spacial score (nSPS) is 12.0. The molecule has 0 aromatic heterocycles. The lowest BCUT2D eigenvalue weighted by Crippen LogP contribution is -2.27.